The number of carbonyl (C=O) groups excluding carboxylic acids is 1. The summed E-state index contributed by atoms with van der Waals surface area (Å²) in [4.78, 5) is 17.7. The number of aromatic nitrogens is 3. The Bertz CT molecular complexity index is 1640. The molecule has 0 atom stereocenters. The topological polar surface area (TPSA) is 115 Å². The minimum absolute atomic E-state index is 0.0876. The molecule has 1 saturated carbocycles. The molecule has 3 heterocycles. The number of nitrogens with one attached hydrogen (secondary N) is 2. The molecule has 218 valence electrons. The van der Waals surface area contributed by atoms with Gasteiger partial charge in [-0.05, 0) is 84.1 Å². The molecule has 0 saturated heterocycles. The highest BCUT2D eigenvalue weighted by molar-refractivity contribution is 7.89. The molecule has 0 bridgehead atoms. The first-order valence-electron chi connectivity index (χ1n) is 13.9. The first kappa shape index (κ1) is 29.2. The number of hydrogen-bond donors (Lipinski definition) is 2. The van der Waals surface area contributed by atoms with E-state index < -0.39 is 15.6 Å². The van der Waals surface area contributed by atoms with Gasteiger partial charge in [-0.1, -0.05) is 18.2 Å². The summed E-state index contributed by atoms with van der Waals surface area (Å²) in [5.41, 5.74) is 2.50. The van der Waals surface area contributed by atoms with Crippen molar-refractivity contribution < 1.29 is 17.9 Å². The Labute approximate surface area is 245 Å². The van der Waals surface area contributed by atoms with Gasteiger partial charge in [0.1, 0.15) is 0 Å². The quantitative estimate of drug-likeness (QED) is 0.257. The molecular weight excluding hydrogens is 558 g/mol. The number of thiazole rings is 1. The molecule has 0 unspecified atom stereocenters. The van der Waals surface area contributed by atoms with Crippen LogP contribution in [0.3, 0.4) is 0 Å². The number of sulfonamides is 1. The van der Waals surface area contributed by atoms with Crippen LogP contribution in [0.5, 0.6) is 0 Å². The maximum atomic E-state index is 13.7. The highest BCUT2D eigenvalue weighted by Crippen LogP contribution is 2.40. The van der Waals surface area contributed by atoms with Crippen LogP contribution in [0.1, 0.15) is 71.2 Å². The minimum Gasteiger partial charge on any atom is -0.447 e. The van der Waals surface area contributed by atoms with E-state index >= 15 is 0 Å². The van der Waals surface area contributed by atoms with Crippen molar-refractivity contribution in [1.29, 1.82) is 0 Å². The summed E-state index contributed by atoms with van der Waals surface area (Å²) in [6, 6.07) is 11.4. The van der Waals surface area contributed by atoms with E-state index in [0.29, 0.717) is 5.56 Å². The summed E-state index contributed by atoms with van der Waals surface area (Å²) < 4.78 is 37.3. The second-order valence-electron chi connectivity index (χ2n) is 11.9. The van der Waals surface area contributed by atoms with Crippen molar-refractivity contribution in [3.63, 3.8) is 0 Å². The van der Waals surface area contributed by atoms with Crippen molar-refractivity contribution in [1.82, 2.24) is 24.6 Å². The van der Waals surface area contributed by atoms with Gasteiger partial charge >= 0.3 is 6.09 Å². The van der Waals surface area contributed by atoms with E-state index in [0.717, 1.165) is 52.2 Å². The van der Waals surface area contributed by atoms with Gasteiger partial charge < -0.3 is 10.1 Å². The van der Waals surface area contributed by atoms with Crippen LogP contribution in [0.25, 0.3) is 27.1 Å². The third-order valence-corrected chi connectivity index (χ3v) is 9.97. The molecule has 5 rings (SSSR count). The second-order valence-corrected chi connectivity index (χ2v) is 14.6. The molecule has 9 nitrogen and oxygen atoms in total. The molecule has 3 aromatic heterocycles. The largest absolute Gasteiger partial charge is 0.447 e. The number of nitrogens with zero attached hydrogens (tertiary/aromatic N) is 3. The van der Waals surface area contributed by atoms with Crippen LogP contribution in [0.4, 0.5) is 4.79 Å². The number of ether oxygens (including phenoxy) is 1. The van der Waals surface area contributed by atoms with E-state index in [1.807, 2.05) is 71.1 Å². The Morgan fingerprint density at radius 3 is 2.54 bits per heavy atom. The van der Waals surface area contributed by atoms with E-state index in [-0.39, 0.29) is 29.1 Å². The summed E-state index contributed by atoms with van der Waals surface area (Å²) in [6.45, 7) is 9.16. The average molecular weight is 596 g/mol. The molecule has 0 radical (unpaired) electrons. The number of alkyl carbamates (subject to hydrolysis) is 1. The van der Waals surface area contributed by atoms with Gasteiger partial charge in [0.2, 0.25) is 10.0 Å². The lowest BCUT2D eigenvalue weighted by molar-refractivity contribution is 0.109. The SMILES string of the molecule is CC(C)OC(=O)NC1CCC(c2ncc(-c3ccc(-c4cnn5ccccc45)cc3S(=O)(=O)NC(C)(C)C)s2)CC1. The number of pyridine rings is 1. The smallest absolute Gasteiger partial charge is 0.407 e. The molecule has 0 spiro atoms. The van der Waals surface area contributed by atoms with E-state index in [4.69, 9.17) is 9.72 Å². The molecule has 11 heteroatoms. The molecule has 1 aliphatic carbocycles. The second kappa shape index (κ2) is 11.5. The number of rotatable bonds is 7. The zero-order valence-corrected chi connectivity index (χ0v) is 25.7. The van der Waals surface area contributed by atoms with Crippen LogP contribution in [-0.2, 0) is 14.8 Å². The zero-order chi connectivity index (χ0) is 29.4. The summed E-state index contributed by atoms with van der Waals surface area (Å²) in [7, 11) is -3.86. The van der Waals surface area contributed by atoms with Gasteiger partial charge in [0.25, 0.3) is 0 Å². The Morgan fingerprint density at radius 1 is 1.07 bits per heavy atom. The van der Waals surface area contributed by atoms with Gasteiger partial charge in [0.05, 0.1) is 32.6 Å². The van der Waals surface area contributed by atoms with Crippen molar-refractivity contribution in [2.45, 2.75) is 88.8 Å². The monoisotopic (exact) mass is 595 g/mol. The number of carbonyl (C=O) groups is 1. The van der Waals surface area contributed by atoms with Crippen LogP contribution < -0.4 is 10.0 Å². The molecule has 1 aromatic carbocycles. The first-order chi connectivity index (χ1) is 19.4. The zero-order valence-electron chi connectivity index (χ0n) is 24.0. The molecule has 41 heavy (non-hydrogen) atoms. The molecule has 1 fully saturated rings. The standard InChI is InChI=1S/C30H37N5O4S2/c1-19(2)39-29(36)33-22-12-9-20(10-13-22)28-31-18-26(40-28)23-14-11-21(16-27(23)41(37,38)34-30(3,4)5)24-17-32-35-15-7-6-8-25(24)35/h6-8,11,14-20,22,34H,9-10,12-13H2,1-5H3,(H,33,36). The molecule has 2 N–H and O–H groups in total. The third kappa shape index (κ3) is 6.79. The van der Waals surface area contributed by atoms with Crippen LogP contribution in [-0.4, -0.2) is 46.8 Å². The fourth-order valence-corrected chi connectivity index (χ4v) is 8.09. The lowest BCUT2D eigenvalue weighted by Crippen LogP contribution is -2.40. The fourth-order valence-electron chi connectivity index (χ4n) is 5.23. The minimum atomic E-state index is -3.86. The molecular formula is C30H37N5O4S2. The first-order valence-corrected chi connectivity index (χ1v) is 16.2. The van der Waals surface area contributed by atoms with Crippen LogP contribution in [0.2, 0.25) is 0 Å². The third-order valence-electron chi connectivity index (χ3n) is 6.98. The summed E-state index contributed by atoms with van der Waals surface area (Å²) >= 11 is 1.54. The number of hydrogen-bond acceptors (Lipinski definition) is 7. The Morgan fingerprint density at radius 2 is 1.83 bits per heavy atom. The lowest BCUT2D eigenvalue weighted by Gasteiger charge is -2.28. The van der Waals surface area contributed by atoms with Crippen LogP contribution >= 0.6 is 11.3 Å². The van der Waals surface area contributed by atoms with Crippen molar-refractivity contribution in [3.8, 4) is 21.6 Å². The van der Waals surface area contributed by atoms with Gasteiger partial charge in [0.15, 0.2) is 0 Å². The van der Waals surface area contributed by atoms with Crippen LogP contribution in [0.15, 0.2) is 59.9 Å². The normalized spacial score (nSPS) is 18.1. The van der Waals surface area contributed by atoms with Crippen LogP contribution in [0, 0.1) is 0 Å². The van der Waals surface area contributed by atoms with Gasteiger partial charge in [-0.25, -0.2) is 27.4 Å². The fraction of sp³-hybridized carbons (Fsp3) is 0.433. The predicted octanol–water partition coefficient (Wildman–Crippen LogP) is 6.36. The van der Waals surface area contributed by atoms with Crippen molar-refractivity contribution >= 4 is 33.0 Å². The van der Waals surface area contributed by atoms with E-state index in [9.17, 15) is 13.2 Å². The van der Waals surface area contributed by atoms with Crippen molar-refractivity contribution in [2.75, 3.05) is 0 Å². The Kier molecular flexibility index (Phi) is 8.22. The number of benzene rings is 1. The maximum absolute atomic E-state index is 13.7. The highest BCUT2D eigenvalue weighted by Gasteiger charge is 2.29. The molecule has 1 aliphatic rings. The van der Waals surface area contributed by atoms with Gasteiger partial charge in [-0.2, -0.15) is 5.10 Å². The summed E-state index contributed by atoms with van der Waals surface area (Å²) in [5.74, 6) is 0.263. The molecule has 0 aliphatic heterocycles. The average Bonchev–Trinajstić information content (AvgIpc) is 3.55. The van der Waals surface area contributed by atoms with Gasteiger partial charge in [-0.15, -0.1) is 11.3 Å². The molecule has 4 aromatic rings. The summed E-state index contributed by atoms with van der Waals surface area (Å²) in [6.07, 6.45) is 8.36. The summed E-state index contributed by atoms with van der Waals surface area (Å²) in [5, 5.41) is 8.38. The maximum Gasteiger partial charge on any atom is 0.407 e. The lowest BCUT2D eigenvalue weighted by atomic mass is 9.86. The predicted molar refractivity (Wildman–Crippen MR) is 162 cm³/mol. The van der Waals surface area contributed by atoms with E-state index in [2.05, 4.69) is 15.1 Å². The van der Waals surface area contributed by atoms with Gasteiger partial charge in [0, 0.05) is 41.0 Å². The Hall–Kier alpha value is -3.28. The van der Waals surface area contributed by atoms with Crippen molar-refractivity contribution in [2.24, 2.45) is 0 Å². The number of fused-ring (bicyclic) bond motifs is 1. The number of amides is 1. The highest BCUT2D eigenvalue weighted by atomic mass is 32.2. The molecule has 1 amide bonds. The Balaban J connectivity index is 1.43. The van der Waals surface area contributed by atoms with Gasteiger partial charge in [-0.3, -0.25) is 0 Å². The van der Waals surface area contributed by atoms with Crippen molar-refractivity contribution in [3.05, 3.63) is 60.0 Å². The van der Waals surface area contributed by atoms with E-state index in [1.54, 1.807) is 23.0 Å². The van der Waals surface area contributed by atoms with E-state index in [1.165, 1.54) is 11.3 Å².